The Hall–Kier alpha value is -0.820. The van der Waals surface area contributed by atoms with Crippen LogP contribution in [0.1, 0.15) is 6.42 Å². The molecule has 0 aromatic carbocycles. The lowest BCUT2D eigenvalue weighted by Gasteiger charge is -2.18. The number of hydrogen-bond acceptors (Lipinski definition) is 3. The molecule has 0 radical (unpaired) electrons. The third kappa shape index (κ3) is 9.72. The van der Waals surface area contributed by atoms with Gasteiger partial charge in [-0.2, -0.15) is 13.2 Å². The van der Waals surface area contributed by atoms with E-state index in [1.807, 2.05) is 0 Å². The van der Waals surface area contributed by atoms with Gasteiger partial charge in [-0.3, -0.25) is 9.69 Å². The highest BCUT2D eigenvalue weighted by Gasteiger charge is 2.28. The maximum Gasteiger partial charge on any atom is 0.401 e. The SMILES string of the molecule is CNCC(=O)NCCCN(C)CC(F)(F)F. The van der Waals surface area contributed by atoms with Crippen LogP contribution in [0.3, 0.4) is 0 Å². The number of rotatable bonds is 7. The third-order valence-electron chi connectivity index (χ3n) is 1.83. The van der Waals surface area contributed by atoms with E-state index < -0.39 is 12.7 Å². The van der Waals surface area contributed by atoms with Crippen LogP contribution in [0.2, 0.25) is 0 Å². The average molecular weight is 241 g/mol. The van der Waals surface area contributed by atoms with E-state index in [-0.39, 0.29) is 12.5 Å². The summed E-state index contributed by atoms with van der Waals surface area (Å²) in [6.07, 6.45) is -3.66. The van der Waals surface area contributed by atoms with Crippen molar-refractivity contribution in [2.24, 2.45) is 0 Å². The van der Waals surface area contributed by atoms with Gasteiger partial charge in [0.05, 0.1) is 13.1 Å². The van der Waals surface area contributed by atoms with Crippen molar-refractivity contribution >= 4 is 5.91 Å². The van der Waals surface area contributed by atoms with Crippen molar-refractivity contribution in [3.8, 4) is 0 Å². The number of hydrogen-bond donors (Lipinski definition) is 2. The Morgan fingerprint density at radius 2 is 2.00 bits per heavy atom. The molecule has 0 fully saturated rings. The predicted octanol–water partition coefficient (Wildman–Crippen LogP) is 0.206. The zero-order valence-corrected chi connectivity index (χ0v) is 9.52. The number of nitrogens with zero attached hydrogens (tertiary/aromatic N) is 1. The molecule has 0 bridgehead atoms. The molecule has 0 aliphatic heterocycles. The minimum absolute atomic E-state index is 0.152. The first-order chi connectivity index (χ1) is 7.35. The van der Waals surface area contributed by atoms with Crippen molar-refractivity contribution in [1.29, 1.82) is 0 Å². The number of carbonyl (C=O) groups is 1. The fraction of sp³-hybridized carbons (Fsp3) is 0.889. The number of nitrogens with one attached hydrogen (secondary N) is 2. The first-order valence-electron chi connectivity index (χ1n) is 5.01. The maximum atomic E-state index is 11.9. The third-order valence-corrected chi connectivity index (χ3v) is 1.83. The van der Waals surface area contributed by atoms with Gasteiger partial charge in [0.1, 0.15) is 0 Å². The van der Waals surface area contributed by atoms with Crippen LogP contribution in [0, 0.1) is 0 Å². The van der Waals surface area contributed by atoms with E-state index in [0.29, 0.717) is 19.5 Å². The van der Waals surface area contributed by atoms with Gasteiger partial charge in [0.25, 0.3) is 0 Å². The van der Waals surface area contributed by atoms with E-state index in [0.717, 1.165) is 0 Å². The standard InChI is InChI=1S/C9H18F3N3O/c1-13-6-8(16)14-4-3-5-15(2)7-9(10,11)12/h13H,3-7H2,1-2H3,(H,14,16). The fourth-order valence-electron chi connectivity index (χ4n) is 1.18. The van der Waals surface area contributed by atoms with Crippen molar-refractivity contribution in [3.05, 3.63) is 0 Å². The van der Waals surface area contributed by atoms with Crippen LogP contribution < -0.4 is 10.6 Å². The molecule has 4 nitrogen and oxygen atoms in total. The second kappa shape index (κ2) is 7.45. The smallest absolute Gasteiger partial charge is 0.355 e. The molecule has 0 heterocycles. The second-order valence-electron chi connectivity index (χ2n) is 3.59. The van der Waals surface area contributed by atoms with Crippen LogP contribution >= 0.6 is 0 Å². The number of amides is 1. The normalized spacial score (nSPS) is 11.9. The highest BCUT2D eigenvalue weighted by atomic mass is 19.4. The Kier molecular flexibility index (Phi) is 7.07. The highest BCUT2D eigenvalue weighted by Crippen LogP contribution is 2.15. The Morgan fingerprint density at radius 1 is 1.38 bits per heavy atom. The number of halogens is 3. The second-order valence-corrected chi connectivity index (χ2v) is 3.59. The summed E-state index contributed by atoms with van der Waals surface area (Å²) in [5, 5.41) is 5.27. The zero-order chi connectivity index (χ0) is 12.6. The zero-order valence-electron chi connectivity index (χ0n) is 9.52. The van der Waals surface area contributed by atoms with Crippen molar-refractivity contribution in [3.63, 3.8) is 0 Å². The van der Waals surface area contributed by atoms with Gasteiger partial charge in [-0.25, -0.2) is 0 Å². The minimum Gasteiger partial charge on any atom is -0.355 e. The molecule has 0 saturated heterocycles. The fourth-order valence-corrected chi connectivity index (χ4v) is 1.18. The molecule has 0 spiro atoms. The van der Waals surface area contributed by atoms with Crippen LogP contribution in [0.15, 0.2) is 0 Å². The monoisotopic (exact) mass is 241 g/mol. The molecule has 0 aliphatic carbocycles. The molecule has 1 amide bonds. The number of carbonyl (C=O) groups excluding carboxylic acids is 1. The molecular weight excluding hydrogens is 223 g/mol. The van der Waals surface area contributed by atoms with Gasteiger partial charge in [0.2, 0.25) is 5.91 Å². The molecule has 96 valence electrons. The van der Waals surface area contributed by atoms with Crippen molar-refractivity contribution in [1.82, 2.24) is 15.5 Å². The summed E-state index contributed by atoms with van der Waals surface area (Å²) in [6, 6.07) is 0. The van der Waals surface area contributed by atoms with Crippen molar-refractivity contribution in [2.45, 2.75) is 12.6 Å². The Morgan fingerprint density at radius 3 is 2.50 bits per heavy atom. The minimum atomic E-state index is -4.16. The summed E-state index contributed by atoms with van der Waals surface area (Å²) < 4.78 is 35.8. The number of alkyl halides is 3. The van der Waals surface area contributed by atoms with E-state index in [1.165, 1.54) is 11.9 Å². The van der Waals surface area contributed by atoms with Crippen LogP contribution in [-0.2, 0) is 4.79 Å². The summed E-state index contributed by atoms with van der Waals surface area (Å²) in [7, 11) is 3.06. The highest BCUT2D eigenvalue weighted by molar-refractivity contribution is 5.77. The molecule has 0 aliphatic rings. The lowest BCUT2D eigenvalue weighted by atomic mass is 10.3. The quantitative estimate of drug-likeness (QED) is 0.626. The van der Waals surface area contributed by atoms with E-state index in [1.54, 1.807) is 7.05 Å². The van der Waals surface area contributed by atoms with Gasteiger partial charge < -0.3 is 10.6 Å². The lowest BCUT2D eigenvalue weighted by Crippen LogP contribution is -2.36. The van der Waals surface area contributed by atoms with E-state index in [2.05, 4.69) is 10.6 Å². The topological polar surface area (TPSA) is 44.4 Å². The molecular formula is C9H18F3N3O. The molecule has 0 aromatic heterocycles. The Labute approximate surface area is 93.2 Å². The Balaban J connectivity index is 3.48. The van der Waals surface area contributed by atoms with E-state index in [9.17, 15) is 18.0 Å². The molecule has 0 saturated carbocycles. The molecule has 2 N–H and O–H groups in total. The van der Waals surface area contributed by atoms with Crippen LogP contribution in [-0.4, -0.2) is 57.3 Å². The van der Waals surface area contributed by atoms with E-state index >= 15 is 0 Å². The molecule has 0 atom stereocenters. The van der Waals surface area contributed by atoms with Gasteiger partial charge in [-0.1, -0.05) is 0 Å². The van der Waals surface area contributed by atoms with Gasteiger partial charge in [0.15, 0.2) is 0 Å². The first-order valence-corrected chi connectivity index (χ1v) is 5.01. The van der Waals surface area contributed by atoms with Crippen molar-refractivity contribution < 1.29 is 18.0 Å². The summed E-state index contributed by atoms with van der Waals surface area (Å²) >= 11 is 0. The summed E-state index contributed by atoms with van der Waals surface area (Å²) in [5.74, 6) is -0.152. The van der Waals surface area contributed by atoms with Crippen LogP contribution in [0.4, 0.5) is 13.2 Å². The van der Waals surface area contributed by atoms with Gasteiger partial charge in [-0.15, -0.1) is 0 Å². The first kappa shape index (κ1) is 15.2. The van der Waals surface area contributed by atoms with Crippen molar-refractivity contribution in [2.75, 3.05) is 40.3 Å². The van der Waals surface area contributed by atoms with E-state index in [4.69, 9.17) is 0 Å². The predicted molar refractivity (Wildman–Crippen MR) is 55.1 cm³/mol. The number of likely N-dealkylation sites (N-methyl/N-ethyl adjacent to an activating group) is 1. The largest absolute Gasteiger partial charge is 0.401 e. The summed E-state index contributed by atoms with van der Waals surface area (Å²) in [6.45, 7) is -0.00208. The van der Waals surface area contributed by atoms with Gasteiger partial charge in [-0.05, 0) is 27.1 Å². The molecule has 7 heteroatoms. The van der Waals surface area contributed by atoms with Gasteiger partial charge in [0, 0.05) is 6.54 Å². The van der Waals surface area contributed by atoms with Gasteiger partial charge >= 0.3 is 6.18 Å². The Bertz CT molecular complexity index is 209. The molecule has 0 unspecified atom stereocenters. The molecule has 0 rings (SSSR count). The molecule has 16 heavy (non-hydrogen) atoms. The molecule has 0 aromatic rings. The van der Waals surface area contributed by atoms with Crippen LogP contribution in [0.5, 0.6) is 0 Å². The average Bonchev–Trinajstić information content (AvgIpc) is 2.10. The summed E-state index contributed by atoms with van der Waals surface area (Å²) in [4.78, 5) is 12.1. The van der Waals surface area contributed by atoms with Crippen LogP contribution in [0.25, 0.3) is 0 Å². The summed E-state index contributed by atoms with van der Waals surface area (Å²) in [5.41, 5.74) is 0. The maximum absolute atomic E-state index is 11.9. The lowest BCUT2D eigenvalue weighted by molar-refractivity contribution is -0.143.